The molecule has 0 aromatic carbocycles. The van der Waals surface area contributed by atoms with Gasteiger partial charge in [-0.2, -0.15) is 0 Å². The maximum absolute atomic E-state index is 11.1. The largest absolute Gasteiger partial charge is 0.300 e. The monoisotopic (exact) mass is 244 g/mol. The summed E-state index contributed by atoms with van der Waals surface area (Å²) in [7, 11) is 0. The van der Waals surface area contributed by atoms with Gasteiger partial charge in [0, 0.05) is 22.2 Å². The van der Waals surface area contributed by atoms with Crippen LogP contribution in [0.3, 0.4) is 0 Å². The number of thioether (sulfide) groups is 2. The van der Waals surface area contributed by atoms with E-state index in [9.17, 15) is 4.79 Å². The Hall–Kier alpha value is 0.110. The minimum atomic E-state index is 0.320. The van der Waals surface area contributed by atoms with E-state index < -0.39 is 0 Å². The zero-order chi connectivity index (χ0) is 11.1. The molecule has 0 aromatic rings. The van der Waals surface area contributed by atoms with Crippen molar-refractivity contribution in [3.8, 4) is 0 Å². The van der Waals surface area contributed by atoms with Gasteiger partial charge in [-0.25, -0.2) is 0 Å². The molecule has 1 atom stereocenters. The predicted octanol–water partition coefficient (Wildman–Crippen LogP) is 4.09. The molecule has 0 aliphatic carbocycles. The van der Waals surface area contributed by atoms with Crippen LogP contribution in [0.2, 0.25) is 0 Å². The Labute approximate surface area is 101 Å². The molecule has 3 heteroatoms. The molecule has 1 rings (SSSR count). The van der Waals surface area contributed by atoms with Crippen molar-refractivity contribution in [1.29, 1.82) is 0 Å². The molecular formula is C12H20OS2. The Morgan fingerprint density at radius 1 is 1.47 bits per heavy atom. The lowest BCUT2D eigenvalue weighted by molar-refractivity contribution is -0.117. The van der Waals surface area contributed by atoms with Crippen LogP contribution in [-0.2, 0) is 4.79 Å². The van der Waals surface area contributed by atoms with Crippen LogP contribution in [0.15, 0.2) is 10.3 Å². The zero-order valence-corrected chi connectivity index (χ0v) is 11.3. The topological polar surface area (TPSA) is 17.1 Å². The maximum Gasteiger partial charge on any atom is 0.130 e. The summed E-state index contributed by atoms with van der Waals surface area (Å²) in [6.45, 7) is 3.91. The van der Waals surface area contributed by atoms with Crippen molar-refractivity contribution in [1.82, 2.24) is 0 Å². The van der Waals surface area contributed by atoms with Gasteiger partial charge in [0.15, 0.2) is 0 Å². The molecule has 0 spiro atoms. The number of Topliss-reactive ketones (excluding diaryl/α,β-unsaturated/α-hetero) is 1. The highest BCUT2D eigenvalue weighted by Gasteiger charge is 2.13. The van der Waals surface area contributed by atoms with Crippen molar-refractivity contribution in [2.75, 3.05) is 11.5 Å². The van der Waals surface area contributed by atoms with Crippen molar-refractivity contribution < 1.29 is 4.79 Å². The van der Waals surface area contributed by atoms with Crippen molar-refractivity contribution >= 4 is 29.3 Å². The summed E-state index contributed by atoms with van der Waals surface area (Å²) in [6.07, 6.45) is 6.68. The molecule has 0 saturated carbocycles. The van der Waals surface area contributed by atoms with Crippen LogP contribution in [0.4, 0.5) is 0 Å². The van der Waals surface area contributed by atoms with Crippen LogP contribution >= 0.6 is 23.5 Å². The second kappa shape index (κ2) is 7.39. The van der Waals surface area contributed by atoms with Crippen LogP contribution < -0.4 is 0 Å². The SMILES string of the molecule is CCCCC(C=C1SCCS1)CC(C)=O. The third-order valence-corrected chi connectivity index (χ3v) is 5.05. The fraction of sp³-hybridized carbons (Fsp3) is 0.750. The van der Waals surface area contributed by atoms with Crippen molar-refractivity contribution in [3.05, 3.63) is 10.3 Å². The molecule has 1 nitrogen and oxygen atoms in total. The summed E-state index contributed by atoms with van der Waals surface area (Å²) in [5, 5.41) is 0. The quantitative estimate of drug-likeness (QED) is 0.700. The standard InChI is InChI=1S/C12H20OS2/c1-3-4-5-11(8-10(2)13)9-12-14-6-7-15-12/h9,11H,3-8H2,1-2H3. The first-order valence-corrected chi connectivity index (χ1v) is 7.66. The van der Waals surface area contributed by atoms with Gasteiger partial charge in [0.25, 0.3) is 0 Å². The van der Waals surface area contributed by atoms with E-state index in [0.29, 0.717) is 11.7 Å². The average Bonchev–Trinajstić information content (AvgIpc) is 2.66. The second-order valence-corrected chi connectivity index (χ2v) is 6.52. The summed E-state index contributed by atoms with van der Waals surface area (Å²) < 4.78 is 1.44. The molecule has 86 valence electrons. The minimum absolute atomic E-state index is 0.320. The normalized spacial score (nSPS) is 17.9. The van der Waals surface area contributed by atoms with E-state index in [4.69, 9.17) is 0 Å². The molecule has 0 aromatic heterocycles. The lowest BCUT2D eigenvalue weighted by atomic mass is 9.97. The molecule has 0 amide bonds. The van der Waals surface area contributed by atoms with Crippen LogP contribution in [0.25, 0.3) is 0 Å². The number of rotatable bonds is 6. The highest BCUT2D eigenvalue weighted by atomic mass is 32.2. The molecule has 1 fully saturated rings. The molecule has 15 heavy (non-hydrogen) atoms. The van der Waals surface area contributed by atoms with Crippen LogP contribution in [-0.4, -0.2) is 17.3 Å². The highest BCUT2D eigenvalue weighted by Crippen LogP contribution is 2.37. The molecule has 0 N–H and O–H groups in total. The van der Waals surface area contributed by atoms with Crippen molar-refractivity contribution in [3.63, 3.8) is 0 Å². The lowest BCUT2D eigenvalue weighted by Crippen LogP contribution is -2.03. The van der Waals surface area contributed by atoms with E-state index in [2.05, 4.69) is 13.0 Å². The van der Waals surface area contributed by atoms with Gasteiger partial charge in [-0.1, -0.05) is 25.8 Å². The van der Waals surface area contributed by atoms with Gasteiger partial charge in [0.2, 0.25) is 0 Å². The minimum Gasteiger partial charge on any atom is -0.300 e. The summed E-state index contributed by atoms with van der Waals surface area (Å²) in [5.41, 5.74) is 0. The van der Waals surface area contributed by atoms with Gasteiger partial charge < -0.3 is 4.79 Å². The van der Waals surface area contributed by atoms with Crippen molar-refractivity contribution in [2.45, 2.75) is 39.5 Å². The third-order valence-electron chi connectivity index (χ3n) is 2.42. The molecule has 0 radical (unpaired) electrons. The zero-order valence-electron chi connectivity index (χ0n) is 9.62. The first-order valence-electron chi connectivity index (χ1n) is 5.69. The molecule has 1 aliphatic heterocycles. The van der Waals surface area contributed by atoms with Gasteiger partial charge in [-0.05, 0) is 19.3 Å². The fourth-order valence-corrected chi connectivity index (χ4v) is 4.17. The first kappa shape index (κ1) is 13.2. The van der Waals surface area contributed by atoms with Gasteiger partial charge in [0.05, 0.1) is 0 Å². The summed E-state index contributed by atoms with van der Waals surface area (Å²) in [6, 6.07) is 0. The Bertz CT molecular complexity index is 228. The molecule has 1 aliphatic rings. The smallest absolute Gasteiger partial charge is 0.130 e. The highest BCUT2D eigenvalue weighted by molar-refractivity contribution is 8.25. The van der Waals surface area contributed by atoms with Crippen LogP contribution in [0.5, 0.6) is 0 Å². The third kappa shape index (κ3) is 5.67. The Kier molecular flexibility index (Phi) is 6.50. The van der Waals surface area contributed by atoms with Gasteiger partial charge in [-0.15, -0.1) is 23.5 Å². The average molecular weight is 244 g/mol. The molecule has 1 saturated heterocycles. The van der Waals surface area contributed by atoms with Gasteiger partial charge >= 0.3 is 0 Å². The number of unbranched alkanes of at least 4 members (excludes halogenated alkanes) is 1. The van der Waals surface area contributed by atoms with E-state index in [1.165, 1.54) is 35.0 Å². The first-order chi connectivity index (χ1) is 7.22. The van der Waals surface area contributed by atoms with E-state index >= 15 is 0 Å². The van der Waals surface area contributed by atoms with Gasteiger partial charge in [-0.3, -0.25) is 0 Å². The number of carbonyl (C=O) groups excluding carboxylic acids is 1. The van der Waals surface area contributed by atoms with E-state index in [1.54, 1.807) is 6.92 Å². The van der Waals surface area contributed by atoms with E-state index in [1.807, 2.05) is 23.5 Å². The second-order valence-electron chi connectivity index (χ2n) is 3.99. The summed E-state index contributed by atoms with van der Waals surface area (Å²) >= 11 is 3.89. The van der Waals surface area contributed by atoms with Crippen LogP contribution in [0.1, 0.15) is 39.5 Å². The Balaban J connectivity index is 2.46. The van der Waals surface area contributed by atoms with E-state index in [0.717, 1.165) is 6.42 Å². The molecule has 1 heterocycles. The number of allylic oxidation sites excluding steroid dienone is 1. The fourth-order valence-electron chi connectivity index (χ4n) is 1.69. The summed E-state index contributed by atoms with van der Waals surface area (Å²) in [4.78, 5) is 11.1. The molecule has 1 unspecified atom stereocenters. The van der Waals surface area contributed by atoms with Gasteiger partial charge in [0.1, 0.15) is 5.78 Å². The molecule has 0 bridgehead atoms. The van der Waals surface area contributed by atoms with E-state index in [-0.39, 0.29) is 0 Å². The Morgan fingerprint density at radius 3 is 2.67 bits per heavy atom. The van der Waals surface area contributed by atoms with Crippen LogP contribution in [0, 0.1) is 5.92 Å². The predicted molar refractivity (Wildman–Crippen MR) is 71.3 cm³/mol. The Morgan fingerprint density at radius 2 is 2.13 bits per heavy atom. The maximum atomic E-state index is 11.1. The number of hydrogen-bond acceptors (Lipinski definition) is 3. The lowest BCUT2D eigenvalue weighted by Gasteiger charge is -2.11. The van der Waals surface area contributed by atoms with Crippen molar-refractivity contribution in [2.24, 2.45) is 5.92 Å². The molecular weight excluding hydrogens is 224 g/mol. The summed E-state index contributed by atoms with van der Waals surface area (Å²) in [5.74, 6) is 3.27. The number of ketones is 1. The number of hydrogen-bond donors (Lipinski definition) is 0. The number of carbonyl (C=O) groups is 1.